The fraction of sp³-hybridized carbons (Fsp3) is 0.394. The third-order valence-electron chi connectivity index (χ3n) is 17.7. The summed E-state index contributed by atoms with van der Waals surface area (Å²) in [4.78, 5) is 0. The smallest absolute Gasteiger partial charge is 0.427 e. The molecule has 0 saturated carbocycles. The van der Waals surface area contributed by atoms with Crippen LogP contribution >= 0.6 is 68.8 Å². The summed E-state index contributed by atoms with van der Waals surface area (Å²) >= 11 is 0. The van der Waals surface area contributed by atoms with Crippen molar-refractivity contribution in [1.29, 1.82) is 0 Å². The highest BCUT2D eigenvalue weighted by Crippen LogP contribution is 2.50. The Morgan fingerprint density at radius 2 is 0.241 bits per heavy atom. The van der Waals surface area contributed by atoms with Gasteiger partial charge in [0.15, 0.2) is 0 Å². The van der Waals surface area contributed by atoms with Crippen molar-refractivity contribution in [2.24, 2.45) is 0 Å². The summed E-state index contributed by atoms with van der Waals surface area (Å²) in [7, 11) is -15.4. The van der Waals surface area contributed by atoms with Crippen LogP contribution < -0.4 is 45.2 Å². The van der Waals surface area contributed by atoms with Crippen LogP contribution in [-0.4, -0.2) is 165 Å². The van der Waals surface area contributed by atoms with Gasteiger partial charge in [-0.25, -0.2) is 0 Å². The summed E-state index contributed by atoms with van der Waals surface area (Å²) in [5.41, 5.74) is 0. The molecule has 10 aromatic carbocycles. The van der Waals surface area contributed by atoms with E-state index in [4.69, 9.17) is 137 Å². The molecule has 0 heterocycles. The molecule has 0 aromatic heterocycles. The highest BCUT2D eigenvalue weighted by Gasteiger charge is 2.32. The molecule has 10 aromatic rings. The van der Waals surface area contributed by atoms with Gasteiger partial charge in [-0.1, -0.05) is 182 Å². The molecule has 0 amide bonds. The van der Waals surface area contributed by atoms with E-state index in [1.165, 1.54) is 0 Å². The summed E-state index contributed by atoms with van der Waals surface area (Å²) < 4.78 is 189. The highest BCUT2D eigenvalue weighted by molar-refractivity contribution is 7.44. The number of hydrogen-bond donors (Lipinski definition) is 0. The van der Waals surface area contributed by atoms with E-state index in [0.717, 1.165) is 0 Å². The monoisotopic (exact) mass is 2040 g/mol. The second-order valence-corrected chi connectivity index (χ2v) is 39.9. The van der Waals surface area contributed by atoms with Gasteiger partial charge in [0, 0.05) is 0 Å². The van der Waals surface area contributed by atoms with E-state index in [1.807, 2.05) is 393 Å². The summed E-state index contributed by atoms with van der Waals surface area (Å²) in [6.07, 6.45) is -5.83. The van der Waals surface area contributed by atoms with E-state index in [1.54, 1.807) is 0 Å². The van der Waals surface area contributed by atoms with Crippen LogP contribution in [0, 0.1) is 0 Å². The lowest BCUT2D eigenvalue weighted by molar-refractivity contribution is -0.0287. The molecular formula is C99H128O30P8. The second kappa shape index (κ2) is 65.8. The van der Waals surface area contributed by atoms with Gasteiger partial charge >= 0.3 is 68.8 Å². The van der Waals surface area contributed by atoms with E-state index >= 15 is 0 Å². The minimum atomic E-state index is -2.03. The largest absolute Gasteiger partial charge is 0.463 e. The van der Waals surface area contributed by atoms with Crippen molar-refractivity contribution in [3.63, 3.8) is 0 Å². The Labute approximate surface area is 817 Å². The zero-order chi connectivity index (χ0) is 96.7. The van der Waals surface area contributed by atoms with Crippen LogP contribution in [0.3, 0.4) is 0 Å². The van der Waals surface area contributed by atoms with E-state index < -0.39 is 136 Å². The van der Waals surface area contributed by atoms with Crippen LogP contribution in [0.25, 0.3) is 0 Å². The summed E-state index contributed by atoms with van der Waals surface area (Å²) in [5.74, 6) is 5.88. The summed E-state index contributed by atoms with van der Waals surface area (Å²) in [6.45, 7) is 26.4. The minimum absolute atomic E-state index is 0.0289. The van der Waals surface area contributed by atoms with Crippen molar-refractivity contribution in [2.75, 3.05) is 85.9 Å². The molecule has 0 aliphatic rings. The van der Waals surface area contributed by atoms with Crippen molar-refractivity contribution in [1.82, 2.24) is 0 Å². The molecule has 0 radical (unpaired) electrons. The van der Waals surface area contributed by atoms with Crippen LogP contribution in [-0.2, 0) is 91.8 Å². The van der Waals surface area contributed by atoms with Crippen LogP contribution in [0.1, 0.15) is 90.0 Å². The van der Waals surface area contributed by atoms with Gasteiger partial charge in [0.05, 0.1) is 165 Å². The second-order valence-electron chi connectivity index (χ2n) is 31.2. The Morgan fingerprint density at radius 3 is 0.394 bits per heavy atom. The van der Waals surface area contributed by atoms with E-state index in [9.17, 15) is 0 Å². The maximum Gasteiger partial charge on any atom is 0.463 e. The fourth-order valence-corrected chi connectivity index (χ4v) is 19.7. The van der Waals surface area contributed by atoms with Crippen molar-refractivity contribution in [2.45, 2.75) is 169 Å². The maximum atomic E-state index is 6.47. The summed E-state index contributed by atoms with van der Waals surface area (Å²) in [6, 6.07) is 93.3. The SMILES string of the molecule is CC(COP(Oc1ccccc1)Oc1ccccc1)OCC(C)OP(OCC(C)OCC(C)OP(OCC(C)OCC(C)OP(OCC(C)OP(OCC(C)OCC(C)OP(OCC(C)OCC(C)OP(OCC(C)OCC(C)OP(Oc1ccccc1)Oc1ccccc1)Oc1ccccc1)Oc1ccccc1)Oc1ccccc1)Oc1ccccc1)Oc1ccccc1)Oc1ccccc1. The first-order chi connectivity index (χ1) is 66.7. The lowest BCUT2D eigenvalue weighted by Crippen LogP contribution is -2.25. The van der Waals surface area contributed by atoms with Crippen molar-refractivity contribution in [3.8, 4) is 57.5 Å². The minimum Gasteiger partial charge on any atom is -0.427 e. The molecular weight excluding hydrogens is 1920 g/mol. The van der Waals surface area contributed by atoms with Gasteiger partial charge in [0.1, 0.15) is 57.5 Å². The molecule has 19 unspecified atom stereocenters. The summed E-state index contributed by atoms with van der Waals surface area (Å²) in [5, 5.41) is 0. The number of ether oxygens (including phenoxy) is 6. The average Bonchev–Trinajstić information content (AvgIpc) is 0.897. The van der Waals surface area contributed by atoms with Crippen molar-refractivity contribution in [3.05, 3.63) is 303 Å². The molecule has 10 rings (SSSR count). The first-order valence-electron chi connectivity index (χ1n) is 45.2. The normalized spacial score (nSPS) is 15.9. The predicted molar refractivity (Wildman–Crippen MR) is 534 cm³/mol. The molecule has 0 N–H and O–H groups in total. The van der Waals surface area contributed by atoms with Crippen LogP contribution in [0.2, 0.25) is 0 Å². The quantitative estimate of drug-likeness (QED) is 0.0320. The van der Waals surface area contributed by atoms with Crippen molar-refractivity contribution < 1.29 is 137 Å². The number of rotatable bonds is 73. The standard InChI is InChI=1S/C99H128O30P8/c1-77(101-65-84(8)115-133(123-93-50-30-17-31-51-93)109-73-81(5)105-69-88(12)119-137(128-98-60-40-22-41-61-98)129-99-62-42-23-43-63-99)70-106-130(120-90-44-24-14-25-45-90)114-85(9)66-102-80(4)74-110-134(124-94-52-32-18-33-53-94)118-89(13)76-112-135(125-95-54-34-19-35-55-95)117-87(11)68-103-79(3)72-108-131(121-91-46-26-15-27-47-91)113-83(7)64-100-78(2)71-107-132(122-92-48-28-16-29-49-92)116-86(10)67-104-82(6)75-111-136(126-96-56-36-20-37-57-96)127-97-58-38-21-39-59-97/h14-63,77-89H,64-76H2,1-13H3. The molecule has 19 atom stereocenters. The third kappa shape index (κ3) is 48.9. The van der Waals surface area contributed by atoms with E-state index in [0.29, 0.717) is 57.5 Å². The Morgan fingerprint density at radius 1 is 0.131 bits per heavy atom. The first kappa shape index (κ1) is 112. The highest BCUT2D eigenvalue weighted by atomic mass is 31.2. The van der Waals surface area contributed by atoms with Gasteiger partial charge in [0.25, 0.3) is 0 Å². The Balaban J connectivity index is 0.639. The van der Waals surface area contributed by atoms with E-state index in [-0.39, 0.29) is 98.1 Å². The van der Waals surface area contributed by atoms with Crippen molar-refractivity contribution >= 4 is 68.8 Å². The molecule has 0 aliphatic carbocycles. The number of para-hydroxylation sites is 10. The lowest BCUT2D eigenvalue weighted by Gasteiger charge is -2.26. The maximum absolute atomic E-state index is 6.47. The zero-order valence-corrected chi connectivity index (χ0v) is 86.5. The molecule has 137 heavy (non-hydrogen) atoms. The van der Waals surface area contributed by atoms with Gasteiger partial charge in [-0.15, -0.1) is 0 Å². The van der Waals surface area contributed by atoms with Crippen LogP contribution in [0.15, 0.2) is 303 Å². The zero-order valence-electron chi connectivity index (χ0n) is 79.4. The molecule has 0 saturated heterocycles. The predicted octanol–water partition coefficient (Wildman–Crippen LogP) is 27.0. The van der Waals surface area contributed by atoms with E-state index in [2.05, 4.69) is 0 Å². The first-order valence-corrected chi connectivity index (χ1v) is 53.9. The third-order valence-corrected chi connectivity index (χ3v) is 27.5. The van der Waals surface area contributed by atoms with Gasteiger partial charge in [0.2, 0.25) is 0 Å². The lowest BCUT2D eigenvalue weighted by atomic mass is 10.3. The average molecular weight is 2050 g/mol. The molecule has 38 heteroatoms. The molecule has 744 valence electrons. The van der Waals surface area contributed by atoms with Gasteiger partial charge in [-0.3, -0.25) is 63.3 Å². The molecule has 0 bridgehead atoms. The number of hydrogen-bond acceptors (Lipinski definition) is 30. The molecule has 0 aliphatic heterocycles. The van der Waals surface area contributed by atoms with Crippen LogP contribution in [0.5, 0.6) is 57.5 Å². The van der Waals surface area contributed by atoms with Gasteiger partial charge in [-0.2, -0.15) is 0 Å². The van der Waals surface area contributed by atoms with Gasteiger partial charge < -0.3 is 73.7 Å². The fourth-order valence-electron chi connectivity index (χ4n) is 10.8. The van der Waals surface area contributed by atoms with Gasteiger partial charge in [-0.05, 0) is 211 Å². The molecule has 0 fully saturated rings. The number of benzene rings is 10. The Bertz CT molecular complexity index is 4590. The molecule has 30 nitrogen and oxygen atoms in total. The topological polar surface area (TPSA) is 277 Å². The van der Waals surface area contributed by atoms with Crippen LogP contribution in [0.4, 0.5) is 0 Å². The Kier molecular flexibility index (Phi) is 53.7. The molecule has 0 spiro atoms. The Hall–Kier alpha value is -7.16.